The number of morpholine rings is 1. The van der Waals surface area contributed by atoms with E-state index in [4.69, 9.17) is 16.3 Å². The van der Waals surface area contributed by atoms with Crippen molar-refractivity contribution in [2.45, 2.75) is 12.5 Å². The molecule has 0 unspecified atom stereocenters. The molecule has 0 aliphatic carbocycles. The Kier molecular flexibility index (Phi) is 4.40. The Morgan fingerprint density at radius 1 is 1.41 bits per heavy atom. The van der Waals surface area contributed by atoms with Gasteiger partial charge in [0, 0.05) is 19.5 Å². The smallest absolute Gasteiger partial charge is 0.237 e. The number of halogens is 1. The molecular weight excluding hydrogens is 238 g/mol. The lowest BCUT2D eigenvalue weighted by Crippen LogP contribution is -2.46. The van der Waals surface area contributed by atoms with E-state index in [0.29, 0.717) is 19.7 Å². The van der Waals surface area contributed by atoms with Gasteiger partial charge in [-0.15, -0.1) is 11.6 Å². The van der Waals surface area contributed by atoms with Crippen LogP contribution in [0.1, 0.15) is 5.56 Å². The van der Waals surface area contributed by atoms with Crippen LogP contribution in [0.2, 0.25) is 0 Å². The predicted octanol–water partition coefficient (Wildman–Crippen LogP) is 1.70. The van der Waals surface area contributed by atoms with Crippen LogP contribution in [0.4, 0.5) is 0 Å². The van der Waals surface area contributed by atoms with E-state index in [1.807, 2.05) is 18.2 Å². The molecule has 1 heterocycles. The topological polar surface area (TPSA) is 29.5 Å². The molecule has 0 radical (unpaired) electrons. The number of amides is 1. The van der Waals surface area contributed by atoms with Crippen molar-refractivity contribution in [3.8, 4) is 0 Å². The van der Waals surface area contributed by atoms with E-state index in [9.17, 15) is 4.79 Å². The molecule has 0 spiro atoms. The van der Waals surface area contributed by atoms with Crippen molar-refractivity contribution in [2.24, 2.45) is 0 Å². The van der Waals surface area contributed by atoms with Gasteiger partial charge in [-0.05, 0) is 5.56 Å². The lowest BCUT2D eigenvalue weighted by molar-refractivity contribution is -0.135. The van der Waals surface area contributed by atoms with Crippen LogP contribution < -0.4 is 0 Å². The summed E-state index contributed by atoms with van der Waals surface area (Å²) in [4.78, 5) is 13.3. The average molecular weight is 254 g/mol. The van der Waals surface area contributed by atoms with Gasteiger partial charge >= 0.3 is 0 Å². The Morgan fingerprint density at radius 3 is 2.88 bits per heavy atom. The van der Waals surface area contributed by atoms with Crippen molar-refractivity contribution in [1.29, 1.82) is 0 Å². The molecule has 1 saturated heterocycles. The minimum absolute atomic E-state index is 0.00646. The van der Waals surface area contributed by atoms with Gasteiger partial charge in [-0.3, -0.25) is 4.79 Å². The highest BCUT2D eigenvalue weighted by molar-refractivity contribution is 6.27. The van der Waals surface area contributed by atoms with E-state index in [1.54, 1.807) is 4.90 Å². The first kappa shape index (κ1) is 12.4. The molecule has 1 aliphatic heterocycles. The summed E-state index contributed by atoms with van der Waals surface area (Å²) < 4.78 is 5.67. The highest BCUT2D eigenvalue weighted by Gasteiger charge is 2.23. The maximum Gasteiger partial charge on any atom is 0.237 e. The summed E-state index contributed by atoms with van der Waals surface area (Å²) in [5.41, 5.74) is 1.23. The number of carbonyl (C=O) groups excluding carboxylic acids is 1. The Balaban J connectivity index is 1.92. The number of alkyl halides is 1. The molecule has 1 fully saturated rings. The fourth-order valence-corrected chi connectivity index (χ4v) is 2.20. The first-order chi connectivity index (χ1) is 8.29. The van der Waals surface area contributed by atoms with E-state index < -0.39 is 0 Å². The highest BCUT2D eigenvalue weighted by Crippen LogP contribution is 2.12. The van der Waals surface area contributed by atoms with Crippen molar-refractivity contribution in [1.82, 2.24) is 4.90 Å². The molecule has 1 atom stereocenters. The van der Waals surface area contributed by atoms with Gasteiger partial charge in [-0.25, -0.2) is 0 Å². The van der Waals surface area contributed by atoms with Crippen LogP contribution in [0.3, 0.4) is 0 Å². The summed E-state index contributed by atoms with van der Waals surface area (Å²) >= 11 is 5.56. The van der Waals surface area contributed by atoms with Crippen molar-refractivity contribution >= 4 is 17.5 Å². The number of nitrogens with zero attached hydrogens (tertiary/aromatic N) is 1. The Labute approximate surface area is 106 Å². The zero-order valence-corrected chi connectivity index (χ0v) is 10.4. The summed E-state index contributed by atoms with van der Waals surface area (Å²) in [5, 5.41) is 0. The molecule has 3 nitrogen and oxygen atoms in total. The number of rotatable bonds is 3. The Bertz CT molecular complexity index is 369. The minimum atomic E-state index is -0.00646. The van der Waals surface area contributed by atoms with Crippen molar-refractivity contribution in [3.05, 3.63) is 35.9 Å². The largest absolute Gasteiger partial charge is 0.374 e. The molecule has 1 aromatic rings. The Hall–Kier alpha value is -1.06. The van der Waals surface area contributed by atoms with Crippen LogP contribution in [-0.2, 0) is 16.0 Å². The summed E-state index contributed by atoms with van der Waals surface area (Å²) in [6.07, 6.45) is 0.922. The molecule has 0 bridgehead atoms. The standard InChI is InChI=1S/C13H16ClNO2/c14-9-13(16)15-6-7-17-12(10-15)8-11-4-2-1-3-5-11/h1-5,12H,6-10H2/t12-/m0/s1. The molecular formula is C13H16ClNO2. The van der Waals surface area contributed by atoms with Crippen LogP contribution in [0, 0.1) is 0 Å². The molecule has 92 valence electrons. The van der Waals surface area contributed by atoms with Crippen LogP contribution in [-0.4, -0.2) is 42.5 Å². The minimum Gasteiger partial charge on any atom is -0.374 e. The van der Waals surface area contributed by atoms with E-state index >= 15 is 0 Å². The molecule has 1 amide bonds. The van der Waals surface area contributed by atoms with Crippen molar-refractivity contribution in [3.63, 3.8) is 0 Å². The maximum atomic E-state index is 11.5. The third-order valence-electron chi connectivity index (χ3n) is 2.91. The van der Waals surface area contributed by atoms with Crippen LogP contribution in [0.15, 0.2) is 30.3 Å². The van der Waals surface area contributed by atoms with Crippen LogP contribution in [0.5, 0.6) is 0 Å². The second-order valence-electron chi connectivity index (χ2n) is 4.16. The number of hydrogen-bond acceptors (Lipinski definition) is 2. The van der Waals surface area contributed by atoms with Crippen LogP contribution >= 0.6 is 11.6 Å². The molecule has 4 heteroatoms. The predicted molar refractivity (Wildman–Crippen MR) is 67.2 cm³/mol. The number of ether oxygens (including phenoxy) is 1. The first-order valence-electron chi connectivity index (χ1n) is 5.79. The molecule has 17 heavy (non-hydrogen) atoms. The third-order valence-corrected chi connectivity index (χ3v) is 3.14. The monoisotopic (exact) mass is 253 g/mol. The fourth-order valence-electron chi connectivity index (χ4n) is 2.03. The quantitative estimate of drug-likeness (QED) is 0.768. The fraction of sp³-hybridized carbons (Fsp3) is 0.462. The first-order valence-corrected chi connectivity index (χ1v) is 6.32. The van der Waals surface area contributed by atoms with E-state index in [2.05, 4.69) is 12.1 Å². The second kappa shape index (κ2) is 6.03. The third kappa shape index (κ3) is 3.45. The highest BCUT2D eigenvalue weighted by atomic mass is 35.5. The van der Waals surface area contributed by atoms with Gasteiger partial charge in [0.05, 0.1) is 12.7 Å². The van der Waals surface area contributed by atoms with E-state index in [0.717, 1.165) is 6.42 Å². The number of hydrogen-bond donors (Lipinski definition) is 0. The summed E-state index contributed by atoms with van der Waals surface area (Å²) in [6.45, 7) is 1.89. The van der Waals surface area contributed by atoms with Gasteiger partial charge in [-0.2, -0.15) is 0 Å². The van der Waals surface area contributed by atoms with Gasteiger partial charge < -0.3 is 9.64 Å². The lowest BCUT2D eigenvalue weighted by Gasteiger charge is -2.32. The molecule has 0 aromatic heterocycles. The lowest BCUT2D eigenvalue weighted by atomic mass is 10.1. The zero-order chi connectivity index (χ0) is 12.1. The SMILES string of the molecule is O=C(CCl)N1CCO[C@@H](Cc2ccccc2)C1. The van der Waals surface area contributed by atoms with Crippen LogP contribution in [0.25, 0.3) is 0 Å². The number of carbonyl (C=O) groups is 1. The molecule has 0 saturated carbocycles. The molecule has 0 N–H and O–H groups in total. The molecule has 1 aromatic carbocycles. The zero-order valence-electron chi connectivity index (χ0n) is 9.64. The summed E-state index contributed by atoms with van der Waals surface area (Å²) in [6, 6.07) is 10.2. The normalized spacial score (nSPS) is 20.3. The molecule has 1 aliphatic rings. The van der Waals surface area contributed by atoms with Gasteiger partial charge in [-0.1, -0.05) is 30.3 Å². The Morgan fingerprint density at radius 2 is 2.18 bits per heavy atom. The summed E-state index contributed by atoms with van der Waals surface area (Å²) in [7, 11) is 0. The van der Waals surface area contributed by atoms with Gasteiger partial charge in [0.15, 0.2) is 0 Å². The second-order valence-corrected chi connectivity index (χ2v) is 4.42. The average Bonchev–Trinajstić information content (AvgIpc) is 2.39. The van der Waals surface area contributed by atoms with Crippen molar-refractivity contribution < 1.29 is 9.53 Å². The van der Waals surface area contributed by atoms with E-state index in [1.165, 1.54) is 5.56 Å². The van der Waals surface area contributed by atoms with E-state index in [-0.39, 0.29) is 17.9 Å². The number of benzene rings is 1. The summed E-state index contributed by atoms with van der Waals surface area (Å²) in [5.74, 6) is 0.0472. The van der Waals surface area contributed by atoms with Gasteiger partial charge in [0.2, 0.25) is 5.91 Å². The van der Waals surface area contributed by atoms with Crippen molar-refractivity contribution in [2.75, 3.05) is 25.6 Å². The maximum absolute atomic E-state index is 11.5. The van der Waals surface area contributed by atoms with Gasteiger partial charge in [0.25, 0.3) is 0 Å². The van der Waals surface area contributed by atoms with Gasteiger partial charge in [0.1, 0.15) is 5.88 Å². The molecule has 2 rings (SSSR count).